The molecular weight excluding hydrogens is 233 g/mol. The summed E-state index contributed by atoms with van der Waals surface area (Å²) >= 11 is 0. The Bertz CT molecular complexity index is 409. The molecule has 0 aliphatic rings. The van der Waals surface area contributed by atoms with Gasteiger partial charge in [0.15, 0.2) is 0 Å². The van der Waals surface area contributed by atoms with E-state index >= 15 is 0 Å². The molecule has 0 heterocycles. The summed E-state index contributed by atoms with van der Waals surface area (Å²) in [7, 11) is 0. The number of halogens is 1. The van der Waals surface area contributed by atoms with Crippen LogP contribution in [0.5, 0.6) is 0 Å². The lowest BCUT2D eigenvalue weighted by Gasteiger charge is -2.33. The Labute approximate surface area is 107 Å². The van der Waals surface area contributed by atoms with Gasteiger partial charge in [0.2, 0.25) is 0 Å². The molecule has 0 aliphatic carbocycles. The predicted octanol–water partition coefficient (Wildman–Crippen LogP) is 3.07. The first-order valence-electron chi connectivity index (χ1n) is 6.19. The standard InChI is InChI=1S/C14H20FNO2/c1-4-16(10(2)9-14(17)18)11(3)12-7-5-6-8-13(12)15/h5-8,10-11H,4,9H2,1-3H3,(H,17,18). The highest BCUT2D eigenvalue weighted by Gasteiger charge is 2.23. The first-order chi connectivity index (χ1) is 8.47. The zero-order valence-electron chi connectivity index (χ0n) is 11.1. The molecule has 3 nitrogen and oxygen atoms in total. The van der Waals surface area contributed by atoms with Crippen molar-refractivity contribution < 1.29 is 14.3 Å². The van der Waals surface area contributed by atoms with E-state index in [2.05, 4.69) is 0 Å². The van der Waals surface area contributed by atoms with Gasteiger partial charge in [0.05, 0.1) is 6.42 Å². The van der Waals surface area contributed by atoms with E-state index in [0.29, 0.717) is 12.1 Å². The van der Waals surface area contributed by atoms with Gasteiger partial charge >= 0.3 is 5.97 Å². The number of carboxylic acids is 1. The third-order valence-corrected chi connectivity index (χ3v) is 3.25. The second-order valence-electron chi connectivity index (χ2n) is 4.47. The molecule has 0 aliphatic heterocycles. The van der Waals surface area contributed by atoms with Crippen LogP contribution in [0.4, 0.5) is 4.39 Å². The molecule has 18 heavy (non-hydrogen) atoms. The normalized spacial score (nSPS) is 14.5. The van der Waals surface area contributed by atoms with Gasteiger partial charge in [-0.1, -0.05) is 25.1 Å². The van der Waals surface area contributed by atoms with E-state index in [-0.39, 0.29) is 24.3 Å². The van der Waals surface area contributed by atoms with Crippen LogP contribution in [0.2, 0.25) is 0 Å². The van der Waals surface area contributed by atoms with Gasteiger partial charge in [-0.25, -0.2) is 4.39 Å². The van der Waals surface area contributed by atoms with Crippen molar-refractivity contribution in [3.63, 3.8) is 0 Å². The van der Waals surface area contributed by atoms with Crippen LogP contribution in [-0.4, -0.2) is 28.6 Å². The van der Waals surface area contributed by atoms with Crippen LogP contribution >= 0.6 is 0 Å². The SMILES string of the molecule is CCN(C(C)CC(=O)O)C(C)c1ccccc1F. The Hall–Kier alpha value is -1.42. The lowest BCUT2D eigenvalue weighted by Crippen LogP contribution is -2.37. The third kappa shape index (κ3) is 3.53. The van der Waals surface area contributed by atoms with Crippen molar-refractivity contribution in [3.8, 4) is 0 Å². The fourth-order valence-corrected chi connectivity index (χ4v) is 2.33. The largest absolute Gasteiger partial charge is 0.481 e. The second kappa shape index (κ2) is 6.50. The van der Waals surface area contributed by atoms with Gasteiger partial charge in [0, 0.05) is 17.6 Å². The fourth-order valence-electron chi connectivity index (χ4n) is 2.33. The highest BCUT2D eigenvalue weighted by Crippen LogP contribution is 2.25. The van der Waals surface area contributed by atoms with Gasteiger partial charge in [-0.2, -0.15) is 0 Å². The minimum atomic E-state index is -0.832. The average Bonchev–Trinajstić information content (AvgIpc) is 2.29. The van der Waals surface area contributed by atoms with Crippen LogP contribution in [0.1, 0.15) is 38.8 Å². The summed E-state index contributed by atoms with van der Waals surface area (Å²) in [4.78, 5) is 12.7. The Morgan fingerprint density at radius 1 is 1.39 bits per heavy atom. The minimum Gasteiger partial charge on any atom is -0.481 e. The van der Waals surface area contributed by atoms with E-state index in [1.807, 2.05) is 25.7 Å². The van der Waals surface area contributed by atoms with E-state index in [1.165, 1.54) is 6.07 Å². The molecule has 0 saturated carbocycles. The number of hydrogen-bond donors (Lipinski definition) is 1. The summed E-state index contributed by atoms with van der Waals surface area (Å²) in [6.07, 6.45) is 0.0621. The highest BCUT2D eigenvalue weighted by molar-refractivity contribution is 5.67. The molecule has 0 spiro atoms. The smallest absolute Gasteiger partial charge is 0.304 e. The van der Waals surface area contributed by atoms with Crippen LogP contribution in [0.25, 0.3) is 0 Å². The number of aliphatic carboxylic acids is 1. The van der Waals surface area contributed by atoms with Crippen LogP contribution in [0.15, 0.2) is 24.3 Å². The molecule has 0 bridgehead atoms. The van der Waals surface area contributed by atoms with Gasteiger partial charge in [-0.15, -0.1) is 0 Å². The number of rotatable bonds is 6. The molecule has 0 fully saturated rings. The number of hydrogen-bond acceptors (Lipinski definition) is 2. The second-order valence-corrected chi connectivity index (χ2v) is 4.47. The Kier molecular flexibility index (Phi) is 5.28. The fraction of sp³-hybridized carbons (Fsp3) is 0.500. The summed E-state index contributed by atoms with van der Waals surface area (Å²) in [5.41, 5.74) is 0.608. The predicted molar refractivity (Wildman–Crippen MR) is 68.9 cm³/mol. The van der Waals surface area contributed by atoms with Crippen molar-refractivity contribution in [2.24, 2.45) is 0 Å². The summed E-state index contributed by atoms with van der Waals surface area (Å²) in [5.74, 6) is -1.08. The van der Waals surface area contributed by atoms with E-state index in [0.717, 1.165) is 0 Å². The molecule has 1 aromatic rings. The first kappa shape index (κ1) is 14.6. The van der Waals surface area contributed by atoms with Gasteiger partial charge in [-0.3, -0.25) is 9.69 Å². The lowest BCUT2D eigenvalue weighted by molar-refractivity contribution is -0.138. The average molecular weight is 253 g/mol. The monoisotopic (exact) mass is 253 g/mol. The van der Waals surface area contributed by atoms with Crippen LogP contribution < -0.4 is 0 Å². The van der Waals surface area contributed by atoms with Crippen molar-refractivity contribution in [2.75, 3.05) is 6.54 Å². The number of carbonyl (C=O) groups is 1. The van der Waals surface area contributed by atoms with Gasteiger partial charge in [0.1, 0.15) is 5.82 Å². The Balaban J connectivity index is 2.88. The van der Waals surface area contributed by atoms with Crippen molar-refractivity contribution in [2.45, 2.75) is 39.3 Å². The number of carboxylic acid groups (broad SMARTS) is 1. The summed E-state index contributed by atoms with van der Waals surface area (Å²) in [5, 5.41) is 8.83. The Morgan fingerprint density at radius 3 is 2.50 bits per heavy atom. The highest BCUT2D eigenvalue weighted by atomic mass is 19.1. The molecule has 1 N–H and O–H groups in total. The molecule has 4 heteroatoms. The Morgan fingerprint density at radius 2 is 2.00 bits per heavy atom. The van der Waals surface area contributed by atoms with E-state index < -0.39 is 5.97 Å². The summed E-state index contributed by atoms with van der Waals surface area (Å²) < 4.78 is 13.7. The zero-order chi connectivity index (χ0) is 13.7. The molecule has 0 aromatic heterocycles. The maximum absolute atomic E-state index is 13.7. The van der Waals surface area contributed by atoms with Gasteiger partial charge in [0.25, 0.3) is 0 Å². The maximum atomic E-state index is 13.7. The van der Waals surface area contributed by atoms with E-state index in [4.69, 9.17) is 5.11 Å². The lowest BCUT2D eigenvalue weighted by atomic mass is 10.0. The first-order valence-corrected chi connectivity index (χ1v) is 6.19. The zero-order valence-corrected chi connectivity index (χ0v) is 11.1. The van der Waals surface area contributed by atoms with Crippen LogP contribution in [-0.2, 0) is 4.79 Å². The summed E-state index contributed by atoms with van der Waals surface area (Å²) in [6, 6.07) is 6.37. The third-order valence-electron chi connectivity index (χ3n) is 3.25. The molecule has 0 radical (unpaired) electrons. The minimum absolute atomic E-state index is 0.0621. The molecule has 0 saturated heterocycles. The number of benzene rings is 1. The molecule has 100 valence electrons. The van der Waals surface area contributed by atoms with Gasteiger partial charge in [-0.05, 0) is 26.5 Å². The molecule has 2 unspecified atom stereocenters. The van der Waals surface area contributed by atoms with Crippen LogP contribution in [0.3, 0.4) is 0 Å². The quantitative estimate of drug-likeness (QED) is 0.847. The van der Waals surface area contributed by atoms with E-state index in [1.54, 1.807) is 18.2 Å². The maximum Gasteiger partial charge on any atom is 0.304 e. The van der Waals surface area contributed by atoms with E-state index in [9.17, 15) is 9.18 Å². The molecule has 1 rings (SSSR count). The van der Waals surface area contributed by atoms with Crippen molar-refractivity contribution in [1.82, 2.24) is 4.90 Å². The molecule has 1 aromatic carbocycles. The molecule has 0 amide bonds. The van der Waals surface area contributed by atoms with Crippen molar-refractivity contribution in [1.29, 1.82) is 0 Å². The summed E-state index contributed by atoms with van der Waals surface area (Å²) in [6.45, 7) is 6.40. The van der Waals surface area contributed by atoms with Crippen molar-refractivity contribution in [3.05, 3.63) is 35.6 Å². The van der Waals surface area contributed by atoms with Crippen molar-refractivity contribution >= 4 is 5.97 Å². The van der Waals surface area contributed by atoms with Crippen LogP contribution in [0, 0.1) is 5.82 Å². The molecule has 2 atom stereocenters. The topological polar surface area (TPSA) is 40.5 Å². The van der Waals surface area contributed by atoms with Gasteiger partial charge < -0.3 is 5.11 Å². The number of nitrogens with zero attached hydrogens (tertiary/aromatic N) is 1. The molecular formula is C14H20FNO2.